The summed E-state index contributed by atoms with van der Waals surface area (Å²) in [4.78, 5) is 15.1. The number of aromatic nitrogens is 2. The molecule has 0 amide bonds. The molecule has 0 fully saturated rings. The van der Waals surface area contributed by atoms with Crippen molar-refractivity contribution in [1.29, 1.82) is 0 Å². The summed E-state index contributed by atoms with van der Waals surface area (Å²) < 4.78 is 10.6. The summed E-state index contributed by atoms with van der Waals surface area (Å²) >= 11 is 0. The Morgan fingerprint density at radius 2 is 2.05 bits per heavy atom. The number of nitrogens with zero attached hydrogens (tertiary/aromatic N) is 2. The van der Waals surface area contributed by atoms with Crippen LogP contribution in [0.5, 0.6) is 0 Å². The van der Waals surface area contributed by atoms with Crippen LogP contribution in [-0.2, 0) is 10.3 Å². The zero-order valence-corrected chi connectivity index (χ0v) is 11.6. The zero-order chi connectivity index (χ0) is 14.8. The van der Waals surface area contributed by atoms with E-state index in [0.29, 0.717) is 23.7 Å². The van der Waals surface area contributed by atoms with Crippen molar-refractivity contribution in [3.8, 4) is 11.4 Å². The second-order valence-electron chi connectivity index (χ2n) is 4.59. The molecule has 0 aliphatic heterocycles. The molecular formula is C14H16N2O4. The lowest BCUT2D eigenvalue weighted by atomic mass is 10.0. The maximum Gasteiger partial charge on any atom is 0.335 e. The van der Waals surface area contributed by atoms with Gasteiger partial charge in [0.05, 0.1) is 5.56 Å². The monoisotopic (exact) mass is 276 g/mol. The summed E-state index contributed by atoms with van der Waals surface area (Å²) in [6.07, 6.45) is 0.698. The third-order valence-electron chi connectivity index (χ3n) is 3.39. The Hall–Kier alpha value is -2.21. The average molecular weight is 276 g/mol. The van der Waals surface area contributed by atoms with Crippen molar-refractivity contribution in [3.63, 3.8) is 0 Å². The Balaban J connectivity index is 2.31. The van der Waals surface area contributed by atoms with Crippen molar-refractivity contribution in [1.82, 2.24) is 10.1 Å². The lowest BCUT2D eigenvalue weighted by Crippen LogP contribution is -2.23. The van der Waals surface area contributed by atoms with Gasteiger partial charge in [-0.1, -0.05) is 24.2 Å². The number of rotatable bonds is 5. The molecule has 0 saturated carbocycles. The molecule has 2 aromatic rings. The fraction of sp³-hybridized carbons (Fsp3) is 0.357. The molecule has 1 unspecified atom stereocenters. The molecule has 1 atom stereocenters. The number of benzene rings is 1. The average Bonchev–Trinajstić information content (AvgIpc) is 2.97. The van der Waals surface area contributed by atoms with E-state index in [0.717, 1.165) is 0 Å². The van der Waals surface area contributed by atoms with Crippen molar-refractivity contribution in [2.24, 2.45) is 0 Å². The predicted molar refractivity (Wildman–Crippen MR) is 71.3 cm³/mol. The van der Waals surface area contributed by atoms with Crippen LogP contribution in [0.15, 0.2) is 28.8 Å². The van der Waals surface area contributed by atoms with Crippen LogP contribution in [0.25, 0.3) is 11.4 Å². The third kappa shape index (κ3) is 2.55. The van der Waals surface area contributed by atoms with Gasteiger partial charge in [-0.15, -0.1) is 0 Å². The summed E-state index contributed by atoms with van der Waals surface area (Å²) in [6, 6.07) is 6.30. The number of carbonyl (C=O) groups is 1. The first-order chi connectivity index (χ1) is 9.50. The van der Waals surface area contributed by atoms with Crippen molar-refractivity contribution in [3.05, 3.63) is 35.7 Å². The number of carboxylic acid groups (broad SMARTS) is 1. The molecule has 20 heavy (non-hydrogen) atoms. The summed E-state index contributed by atoms with van der Waals surface area (Å²) in [5.74, 6) is -0.156. The molecule has 0 aliphatic rings. The van der Waals surface area contributed by atoms with Crippen molar-refractivity contribution in [2.75, 3.05) is 7.11 Å². The zero-order valence-electron chi connectivity index (χ0n) is 11.6. The van der Waals surface area contributed by atoms with Gasteiger partial charge < -0.3 is 14.4 Å². The molecule has 106 valence electrons. The Kier molecular flexibility index (Phi) is 3.85. The van der Waals surface area contributed by atoms with E-state index < -0.39 is 11.6 Å². The highest BCUT2D eigenvalue weighted by Crippen LogP contribution is 2.28. The van der Waals surface area contributed by atoms with E-state index in [1.807, 2.05) is 13.8 Å². The first kappa shape index (κ1) is 14.2. The fourth-order valence-electron chi connectivity index (χ4n) is 1.70. The Bertz CT molecular complexity index is 600. The van der Waals surface area contributed by atoms with Crippen LogP contribution in [0.3, 0.4) is 0 Å². The van der Waals surface area contributed by atoms with E-state index in [-0.39, 0.29) is 5.56 Å². The molecule has 0 aliphatic carbocycles. The number of methoxy groups -OCH3 is 1. The van der Waals surface area contributed by atoms with Gasteiger partial charge in [0.2, 0.25) is 5.82 Å². The highest BCUT2D eigenvalue weighted by molar-refractivity contribution is 5.88. The normalized spacial score (nSPS) is 13.9. The SMILES string of the molecule is CCC(C)(OC)c1nc(-c2ccc(C(=O)O)cc2)no1. The van der Waals surface area contributed by atoms with Crippen molar-refractivity contribution < 1.29 is 19.2 Å². The van der Waals surface area contributed by atoms with Gasteiger partial charge in [-0.2, -0.15) is 4.98 Å². The molecule has 1 heterocycles. The molecule has 1 N–H and O–H groups in total. The van der Waals surface area contributed by atoms with Gasteiger partial charge in [-0.3, -0.25) is 0 Å². The highest BCUT2D eigenvalue weighted by Gasteiger charge is 2.31. The number of hydrogen-bond donors (Lipinski definition) is 1. The predicted octanol–water partition coefficient (Wildman–Crippen LogP) is 2.71. The van der Waals surface area contributed by atoms with Gasteiger partial charge in [-0.25, -0.2) is 4.79 Å². The van der Waals surface area contributed by atoms with Crippen molar-refractivity contribution in [2.45, 2.75) is 25.9 Å². The molecular weight excluding hydrogens is 260 g/mol. The summed E-state index contributed by atoms with van der Waals surface area (Å²) in [5, 5.41) is 12.8. The topological polar surface area (TPSA) is 85.5 Å². The quantitative estimate of drug-likeness (QED) is 0.903. The van der Waals surface area contributed by atoms with Crippen LogP contribution in [0.1, 0.15) is 36.5 Å². The molecule has 1 aromatic heterocycles. The minimum Gasteiger partial charge on any atom is -0.478 e. The van der Waals surface area contributed by atoms with Crippen molar-refractivity contribution >= 4 is 5.97 Å². The van der Waals surface area contributed by atoms with Crippen LogP contribution >= 0.6 is 0 Å². The Morgan fingerprint density at radius 1 is 1.40 bits per heavy atom. The molecule has 0 spiro atoms. The first-order valence-corrected chi connectivity index (χ1v) is 6.23. The van der Waals surface area contributed by atoms with Gasteiger partial charge in [0.1, 0.15) is 5.60 Å². The minimum atomic E-state index is -0.969. The van der Waals surface area contributed by atoms with Gasteiger partial charge in [0, 0.05) is 12.7 Å². The molecule has 0 bridgehead atoms. The number of hydrogen-bond acceptors (Lipinski definition) is 5. The smallest absolute Gasteiger partial charge is 0.335 e. The summed E-state index contributed by atoms with van der Waals surface area (Å²) in [6.45, 7) is 3.84. The maximum atomic E-state index is 10.8. The third-order valence-corrected chi connectivity index (χ3v) is 3.39. The summed E-state index contributed by atoms with van der Waals surface area (Å²) in [7, 11) is 1.59. The molecule has 2 rings (SSSR count). The second kappa shape index (κ2) is 5.42. The maximum absolute atomic E-state index is 10.8. The van der Waals surface area contributed by atoms with Gasteiger partial charge in [0.15, 0.2) is 0 Å². The van der Waals surface area contributed by atoms with Crippen LogP contribution < -0.4 is 0 Å². The van der Waals surface area contributed by atoms with E-state index in [9.17, 15) is 4.79 Å². The Labute approximate surface area is 116 Å². The largest absolute Gasteiger partial charge is 0.478 e. The first-order valence-electron chi connectivity index (χ1n) is 6.23. The summed E-state index contributed by atoms with van der Waals surface area (Å²) in [5.41, 5.74) is 0.291. The molecule has 6 heteroatoms. The highest BCUT2D eigenvalue weighted by atomic mass is 16.5. The van der Waals surface area contributed by atoms with Gasteiger partial charge in [0.25, 0.3) is 5.89 Å². The van der Waals surface area contributed by atoms with Crippen LogP contribution in [0.2, 0.25) is 0 Å². The number of aromatic carboxylic acids is 1. The van der Waals surface area contributed by atoms with E-state index in [1.165, 1.54) is 12.1 Å². The fourth-order valence-corrected chi connectivity index (χ4v) is 1.70. The van der Waals surface area contributed by atoms with Gasteiger partial charge >= 0.3 is 5.97 Å². The number of carboxylic acids is 1. The van der Waals surface area contributed by atoms with E-state index in [1.54, 1.807) is 19.2 Å². The number of ether oxygens (including phenoxy) is 1. The van der Waals surface area contributed by atoms with E-state index in [2.05, 4.69) is 10.1 Å². The Morgan fingerprint density at radius 3 is 2.55 bits per heavy atom. The van der Waals surface area contributed by atoms with Crippen LogP contribution in [-0.4, -0.2) is 28.3 Å². The van der Waals surface area contributed by atoms with E-state index in [4.69, 9.17) is 14.4 Å². The van der Waals surface area contributed by atoms with Gasteiger partial charge in [-0.05, 0) is 25.5 Å². The lowest BCUT2D eigenvalue weighted by Gasteiger charge is -2.21. The van der Waals surface area contributed by atoms with Crippen LogP contribution in [0.4, 0.5) is 0 Å². The minimum absolute atomic E-state index is 0.216. The molecule has 0 saturated heterocycles. The standard InChI is InChI=1S/C14H16N2O4/c1-4-14(2,19-3)13-15-11(16-20-13)9-5-7-10(8-6-9)12(17)18/h5-8H,4H2,1-3H3,(H,17,18). The second-order valence-corrected chi connectivity index (χ2v) is 4.59. The molecule has 0 radical (unpaired) electrons. The van der Waals surface area contributed by atoms with E-state index >= 15 is 0 Å². The molecule has 1 aromatic carbocycles. The molecule has 6 nitrogen and oxygen atoms in total. The van der Waals surface area contributed by atoms with Crippen LogP contribution in [0, 0.1) is 0 Å². The lowest BCUT2D eigenvalue weighted by molar-refractivity contribution is -0.0272.